The number of aromatic nitrogens is 2. The van der Waals surface area contributed by atoms with E-state index in [-0.39, 0.29) is 36.6 Å². The molecular formula is C24H31F3N4O3. The highest BCUT2D eigenvalue weighted by molar-refractivity contribution is 5.86. The number of benzene rings is 1. The van der Waals surface area contributed by atoms with E-state index in [1.54, 1.807) is 4.90 Å². The van der Waals surface area contributed by atoms with Gasteiger partial charge in [-0.25, -0.2) is 4.79 Å². The van der Waals surface area contributed by atoms with Crippen molar-refractivity contribution in [3.8, 4) is 0 Å². The zero-order valence-electron chi connectivity index (χ0n) is 19.5. The summed E-state index contributed by atoms with van der Waals surface area (Å²) in [6.07, 6.45) is -0.355. The van der Waals surface area contributed by atoms with Crippen LogP contribution in [-0.2, 0) is 28.9 Å². The normalized spacial score (nSPS) is 26.1. The van der Waals surface area contributed by atoms with Crippen molar-refractivity contribution in [3.05, 3.63) is 33.7 Å². The van der Waals surface area contributed by atoms with Gasteiger partial charge in [0.2, 0.25) is 5.91 Å². The van der Waals surface area contributed by atoms with Gasteiger partial charge >= 0.3 is 11.9 Å². The molecule has 0 bridgehead atoms. The molecule has 186 valence electrons. The van der Waals surface area contributed by atoms with Crippen LogP contribution in [0.3, 0.4) is 0 Å². The Morgan fingerprint density at radius 1 is 1.21 bits per heavy atom. The van der Waals surface area contributed by atoms with Gasteiger partial charge in [-0.05, 0) is 55.7 Å². The first-order chi connectivity index (χ1) is 16.1. The maximum atomic E-state index is 14.0. The molecular weight excluding hydrogens is 449 g/mol. The molecule has 2 aliphatic heterocycles. The van der Waals surface area contributed by atoms with E-state index in [0.717, 1.165) is 44.6 Å². The molecule has 34 heavy (non-hydrogen) atoms. The van der Waals surface area contributed by atoms with E-state index < -0.39 is 22.8 Å². The van der Waals surface area contributed by atoms with Crippen LogP contribution in [0.1, 0.15) is 57.1 Å². The zero-order chi connectivity index (χ0) is 24.3. The number of alkyl halides is 3. The van der Waals surface area contributed by atoms with Crippen LogP contribution in [0.15, 0.2) is 16.9 Å². The third-order valence-electron chi connectivity index (χ3n) is 8.01. The maximum Gasteiger partial charge on any atom is 0.416 e. The first kappa shape index (κ1) is 23.4. The minimum atomic E-state index is -4.54. The fourth-order valence-corrected chi connectivity index (χ4v) is 6.07. The number of carbonyl (C=O) groups excluding carboxylic acids is 1. The van der Waals surface area contributed by atoms with Crippen LogP contribution in [0.2, 0.25) is 0 Å². The first-order valence-electron chi connectivity index (χ1n) is 12.0. The van der Waals surface area contributed by atoms with Gasteiger partial charge in [0.15, 0.2) is 0 Å². The van der Waals surface area contributed by atoms with Gasteiger partial charge in [-0.1, -0.05) is 13.8 Å². The molecule has 2 atom stereocenters. The number of rotatable bonds is 4. The lowest BCUT2D eigenvalue weighted by Crippen LogP contribution is -2.49. The summed E-state index contributed by atoms with van der Waals surface area (Å²) in [5.41, 5.74) is -0.985. The highest BCUT2D eigenvalue weighted by atomic mass is 19.4. The smallest absolute Gasteiger partial charge is 0.381 e. The molecule has 10 heteroatoms. The van der Waals surface area contributed by atoms with Crippen LogP contribution in [-0.4, -0.2) is 45.7 Å². The van der Waals surface area contributed by atoms with Gasteiger partial charge in [0.25, 0.3) is 0 Å². The van der Waals surface area contributed by atoms with Crippen LogP contribution >= 0.6 is 0 Å². The van der Waals surface area contributed by atoms with Crippen LogP contribution < -0.4 is 11.0 Å². The Bertz CT molecular complexity index is 1150. The second kappa shape index (κ2) is 8.41. The lowest BCUT2D eigenvalue weighted by molar-refractivity contribution is -0.147. The van der Waals surface area contributed by atoms with Crippen molar-refractivity contribution >= 4 is 16.9 Å². The lowest BCUT2D eigenvalue weighted by atomic mass is 9.74. The van der Waals surface area contributed by atoms with E-state index >= 15 is 0 Å². The lowest BCUT2D eigenvalue weighted by Gasteiger charge is -2.39. The summed E-state index contributed by atoms with van der Waals surface area (Å²) >= 11 is 0. The summed E-state index contributed by atoms with van der Waals surface area (Å²) in [7, 11) is 0. The second-order valence-corrected chi connectivity index (χ2v) is 10.3. The number of nitrogens with zero attached hydrogens (tertiary/aromatic N) is 2. The largest absolute Gasteiger partial charge is 0.416 e. The molecule has 0 spiro atoms. The van der Waals surface area contributed by atoms with Crippen LogP contribution in [0.5, 0.6) is 0 Å². The molecule has 2 fully saturated rings. The minimum Gasteiger partial charge on any atom is -0.381 e. The fourth-order valence-electron chi connectivity index (χ4n) is 6.07. The summed E-state index contributed by atoms with van der Waals surface area (Å²) in [6.45, 7) is 5.66. The Morgan fingerprint density at radius 3 is 2.62 bits per heavy atom. The predicted octanol–water partition coefficient (Wildman–Crippen LogP) is 3.61. The van der Waals surface area contributed by atoms with Crippen molar-refractivity contribution in [2.24, 2.45) is 11.3 Å². The molecule has 0 radical (unpaired) electrons. The average Bonchev–Trinajstić information content (AvgIpc) is 3.36. The molecule has 1 amide bonds. The number of aromatic amines is 1. The van der Waals surface area contributed by atoms with Gasteiger partial charge in [-0.15, -0.1) is 0 Å². The number of ether oxygens (including phenoxy) is 1. The monoisotopic (exact) mass is 480 g/mol. The third-order valence-corrected chi connectivity index (χ3v) is 8.01. The summed E-state index contributed by atoms with van der Waals surface area (Å²) in [5, 5.41) is 3.71. The SMILES string of the molecule is CC(C)[C@]1(C(=O)N2Cc3cc(C(F)(F)F)cc4[nH]c(=O)n(c34)C2)CC[C@@H](NC2CCOCC2)C1. The van der Waals surface area contributed by atoms with Crippen molar-refractivity contribution < 1.29 is 22.7 Å². The highest BCUT2D eigenvalue weighted by Crippen LogP contribution is 2.47. The number of hydrogen-bond acceptors (Lipinski definition) is 4. The molecule has 2 aromatic rings. The molecule has 0 unspecified atom stereocenters. The molecule has 1 aromatic carbocycles. The zero-order valence-corrected chi connectivity index (χ0v) is 19.5. The molecule has 1 aromatic heterocycles. The summed E-state index contributed by atoms with van der Waals surface area (Å²) in [4.78, 5) is 30.6. The van der Waals surface area contributed by atoms with Crippen molar-refractivity contribution in [3.63, 3.8) is 0 Å². The number of hydrogen-bond donors (Lipinski definition) is 2. The van der Waals surface area contributed by atoms with E-state index in [1.807, 2.05) is 13.8 Å². The minimum absolute atomic E-state index is 0.0442. The molecule has 3 heterocycles. The van der Waals surface area contributed by atoms with Gasteiger partial charge in [0.05, 0.1) is 22.0 Å². The van der Waals surface area contributed by atoms with E-state index in [0.29, 0.717) is 30.0 Å². The molecule has 2 N–H and O–H groups in total. The summed E-state index contributed by atoms with van der Waals surface area (Å²) in [6, 6.07) is 2.63. The molecule has 1 aliphatic carbocycles. The number of H-pyrrole nitrogens is 1. The van der Waals surface area contributed by atoms with E-state index in [4.69, 9.17) is 4.74 Å². The van der Waals surface area contributed by atoms with Crippen molar-refractivity contribution in [2.45, 2.75) is 77.4 Å². The van der Waals surface area contributed by atoms with Crippen LogP contribution in [0.25, 0.3) is 11.0 Å². The van der Waals surface area contributed by atoms with Crippen molar-refractivity contribution in [1.82, 2.24) is 19.8 Å². The maximum absolute atomic E-state index is 14.0. The van der Waals surface area contributed by atoms with Crippen molar-refractivity contribution in [1.29, 1.82) is 0 Å². The molecule has 1 saturated carbocycles. The van der Waals surface area contributed by atoms with E-state index in [2.05, 4.69) is 10.3 Å². The fraction of sp³-hybridized carbons (Fsp3) is 0.667. The van der Waals surface area contributed by atoms with Crippen LogP contribution in [0.4, 0.5) is 13.2 Å². The number of imidazole rings is 1. The Labute approximate surface area is 195 Å². The molecule has 3 aliphatic rings. The Morgan fingerprint density at radius 2 is 1.94 bits per heavy atom. The highest BCUT2D eigenvalue weighted by Gasteiger charge is 2.50. The number of halogens is 3. The summed E-state index contributed by atoms with van der Waals surface area (Å²) < 4.78 is 47.2. The predicted molar refractivity (Wildman–Crippen MR) is 120 cm³/mol. The van der Waals surface area contributed by atoms with Gasteiger partial charge in [-0.3, -0.25) is 9.36 Å². The van der Waals surface area contributed by atoms with Gasteiger partial charge in [0.1, 0.15) is 6.67 Å². The van der Waals surface area contributed by atoms with E-state index in [1.165, 1.54) is 4.57 Å². The summed E-state index contributed by atoms with van der Waals surface area (Å²) in [5.74, 6) is -0.0181. The number of nitrogens with one attached hydrogen (secondary N) is 2. The van der Waals surface area contributed by atoms with Gasteiger partial charge < -0.3 is 19.9 Å². The standard InChI is InChI=1S/C24H31F3N4O3/c1-14(2)23(6-3-18(11-23)28-17-4-7-34-8-5-17)21(32)30-12-15-9-16(24(25,26)27)10-19-20(15)31(13-30)22(33)29-19/h9-10,14,17-18,28H,3-8,11-13H2,1-2H3,(H,29,33)/t18-,23+/m1/s1. The van der Waals surface area contributed by atoms with Crippen LogP contribution in [0, 0.1) is 11.3 Å². The quantitative estimate of drug-likeness (QED) is 0.701. The number of amides is 1. The Kier molecular flexibility index (Phi) is 5.79. The Hall–Kier alpha value is -2.33. The average molecular weight is 481 g/mol. The third kappa shape index (κ3) is 3.94. The molecule has 1 saturated heterocycles. The van der Waals surface area contributed by atoms with Crippen molar-refractivity contribution in [2.75, 3.05) is 13.2 Å². The van der Waals surface area contributed by atoms with E-state index in [9.17, 15) is 22.8 Å². The Balaban J connectivity index is 1.42. The second-order valence-electron chi connectivity index (χ2n) is 10.3. The topological polar surface area (TPSA) is 79.4 Å². The number of carbonyl (C=O) groups is 1. The van der Waals surface area contributed by atoms with Gasteiger partial charge in [-0.2, -0.15) is 13.2 Å². The first-order valence-corrected chi connectivity index (χ1v) is 12.0. The van der Waals surface area contributed by atoms with Gasteiger partial charge in [0, 0.05) is 31.8 Å². The molecule has 7 nitrogen and oxygen atoms in total. The molecule has 5 rings (SSSR count).